The van der Waals surface area contributed by atoms with E-state index in [1.165, 1.54) is 31.4 Å². The Morgan fingerprint density at radius 2 is 2.13 bits per heavy atom. The zero-order chi connectivity index (χ0) is 10.9. The van der Waals surface area contributed by atoms with Gasteiger partial charge in [-0.1, -0.05) is 12.8 Å². The van der Waals surface area contributed by atoms with E-state index in [9.17, 15) is 0 Å². The number of thioether (sulfide) groups is 1. The molecule has 0 unspecified atom stereocenters. The number of aryl methyl sites for hydroxylation is 1. The SMILES string of the molecule is CSCCCCCCn1cncc1CN. The van der Waals surface area contributed by atoms with Crippen molar-refractivity contribution in [1.29, 1.82) is 0 Å². The fourth-order valence-corrected chi connectivity index (χ4v) is 2.09. The monoisotopic (exact) mass is 227 g/mol. The van der Waals surface area contributed by atoms with E-state index in [0.29, 0.717) is 6.54 Å². The van der Waals surface area contributed by atoms with Gasteiger partial charge in [-0.15, -0.1) is 0 Å². The number of nitrogens with two attached hydrogens (primary N) is 1. The van der Waals surface area contributed by atoms with Gasteiger partial charge in [0.25, 0.3) is 0 Å². The molecule has 0 saturated carbocycles. The minimum atomic E-state index is 0.590. The smallest absolute Gasteiger partial charge is 0.0948 e. The first-order valence-corrected chi connectivity index (χ1v) is 6.96. The molecule has 1 aromatic rings. The van der Waals surface area contributed by atoms with Crippen LogP contribution < -0.4 is 5.73 Å². The Labute approximate surface area is 96.5 Å². The van der Waals surface area contributed by atoms with Crippen molar-refractivity contribution in [2.75, 3.05) is 12.0 Å². The second kappa shape index (κ2) is 7.77. The summed E-state index contributed by atoms with van der Waals surface area (Å²) < 4.78 is 2.16. The van der Waals surface area contributed by atoms with Gasteiger partial charge in [-0.25, -0.2) is 4.98 Å². The Morgan fingerprint density at radius 1 is 1.33 bits per heavy atom. The third-order valence-electron chi connectivity index (χ3n) is 2.51. The molecular formula is C11H21N3S. The van der Waals surface area contributed by atoms with E-state index >= 15 is 0 Å². The maximum atomic E-state index is 5.60. The first kappa shape index (κ1) is 12.6. The number of unbranched alkanes of at least 4 members (excludes halogenated alkanes) is 3. The Balaban J connectivity index is 2.09. The summed E-state index contributed by atoms with van der Waals surface area (Å²) in [5.41, 5.74) is 6.74. The Hall–Kier alpha value is -0.480. The number of nitrogens with zero attached hydrogens (tertiary/aromatic N) is 2. The molecule has 0 fully saturated rings. The molecule has 2 N–H and O–H groups in total. The maximum Gasteiger partial charge on any atom is 0.0948 e. The first-order valence-electron chi connectivity index (χ1n) is 5.56. The van der Waals surface area contributed by atoms with Crippen LogP contribution in [-0.2, 0) is 13.1 Å². The van der Waals surface area contributed by atoms with Gasteiger partial charge in [-0.3, -0.25) is 0 Å². The van der Waals surface area contributed by atoms with Crippen LogP contribution in [0.1, 0.15) is 31.4 Å². The van der Waals surface area contributed by atoms with E-state index in [-0.39, 0.29) is 0 Å². The van der Waals surface area contributed by atoms with Crippen molar-refractivity contribution in [2.24, 2.45) is 5.73 Å². The summed E-state index contributed by atoms with van der Waals surface area (Å²) in [7, 11) is 0. The van der Waals surface area contributed by atoms with Crippen molar-refractivity contribution in [3.63, 3.8) is 0 Å². The minimum Gasteiger partial charge on any atom is -0.333 e. The lowest BCUT2D eigenvalue weighted by Crippen LogP contribution is -2.06. The summed E-state index contributed by atoms with van der Waals surface area (Å²) in [5, 5.41) is 0. The van der Waals surface area contributed by atoms with E-state index in [1.54, 1.807) is 0 Å². The molecule has 0 saturated heterocycles. The molecule has 0 aliphatic rings. The molecule has 0 radical (unpaired) electrons. The van der Waals surface area contributed by atoms with Crippen LogP contribution in [0.5, 0.6) is 0 Å². The molecule has 1 heterocycles. The van der Waals surface area contributed by atoms with Gasteiger partial charge in [-0.2, -0.15) is 11.8 Å². The predicted molar refractivity (Wildman–Crippen MR) is 67.0 cm³/mol. The van der Waals surface area contributed by atoms with Crippen LogP contribution in [0.4, 0.5) is 0 Å². The minimum absolute atomic E-state index is 0.590. The van der Waals surface area contributed by atoms with E-state index in [4.69, 9.17) is 5.73 Å². The molecule has 0 amide bonds. The molecule has 86 valence electrons. The van der Waals surface area contributed by atoms with Crippen LogP contribution in [0.25, 0.3) is 0 Å². The molecule has 4 heteroatoms. The van der Waals surface area contributed by atoms with Crippen molar-refractivity contribution in [3.8, 4) is 0 Å². The lowest BCUT2D eigenvalue weighted by atomic mass is 10.2. The van der Waals surface area contributed by atoms with Crippen LogP contribution in [0.2, 0.25) is 0 Å². The second-order valence-electron chi connectivity index (χ2n) is 3.69. The fourth-order valence-electron chi connectivity index (χ4n) is 1.60. The largest absolute Gasteiger partial charge is 0.333 e. The van der Waals surface area contributed by atoms with Crippen molar-refractivity contribution >= 4 is 11.8 Å². The van der Waals surface area contributed by atoms with E-state index < -0.39 is 0 Å². The van der Waals surface area contributed by atoms with Crippen molar-refractivity contribution in [2.45, 2.75) is 38.8 Å². The molecule has 0 aliphatic heterocycles. The third-order valence-corrected chi connectivity index (χ3v) is 3.20. The lowest BCUT2D eigenvalue weighted by Gasteiger charge is -2.05. The van der Waals surface area contributed by atoms with E-state index in [1.807, 2.05) is 24.3 Å². The van der Waals surface area contributed by atoms with Gasteiger partial charge in [0.05, 0.1) is 12.0 Å². The third kappa shape index (κ3) is 4.71. The standard InChI is InChI=1S/C11H21N3S/c1-15-7-5-3-2-4-6-14-10-13-9-11(14)8-12/h9-10H,2-8,12H2,1H3. The molecule has 0 spiro atoms. The van der Waals surface area contributed by atoms with Crippen molar-refractivity contribution in [3.05, 3.63) is 18.2 Å². The van der Waals surface area contributed by atoms with Crippen LogP contribution in [-0.4, -0.2) is 21.6 Å². The summed E-state index contributed by atoms with van der Waals surface area (Å²) in [5.74, 6) is 1.29. The zero-order valence-electron chi connectivity index (χ0n) is 9.48. The van der Waals surface area contributed by atoms with Gasteiger partial charge in [0.15, 0.2) is 0 Å². The highest BCUT2D eigenvalue weighted by Gasteiger charge is 1.98. The van der Waals surface area contributed by atoms with Gasteiger partial charge >= 0.3 is 0 Å². The molecular weight excluding hydrogens is 206 g/mol. The van der Waals surface area contributed by atoms with E-state index in [2.05, 4.69) is 15.8 Å². The molecule has 1 rings (SSSR count). The van der Waals surface area contributed by atoms with Gasteiger partial charge < -0.3 is 10.3 Å². The van der Waals surface area contributed by atoms with Crippen LogP contribution in [0.15, 0.2) is 12.5 Å². The molecule has 0 bridgehead atoms. The van der Waals surface area contributed by atoms with Gasteiger partial charge in [0.2, 0.25) is 0 Å². The van der Waals surface area contributed by atoms with Gasteiger partial charge in [0.1, 0.15) is 0 Å². The van der Waals surface area contributed by atoms with Crippen LogP contribution in [0, 0.1) is 0 Å². The molecule has 15 heavy (non-hydrogen) atoms. The second-order valence-corrected chi connectivity index (χ2v) is 4.68. The lowest BCUT2D eigenvalue weighted by molar-refractivity contribution is 0.569. The molecule has 3 nitrogen and oxygen atoms in total. The first-order chi connectivity index (χ1) is 7.38. The summed E-state index contributed by atoms with van der Waals surface area (Å²) in [6.07, 6.45) is 11.1. The molecule has 0 atom stereocenters. The van der Waals surface area contributed by atoms with E-state index in [0.717, 1.165) is 12.2 Å². The Morgan fingerprint density at radius 3 is 2.87 bits per heavy atom. The summed E-state index contributed by atoms with van der Waals surface area (Å²) in [6.45, 7) is 1.65. The average molecular weight is 227 g/mol. The van der Waals surface area contributed by atoms with Crippen LogP contribution in [0.3, 0.4) is 0 Å². The Bertz CT molecular complexity index is 260. The fraction of sp³-hybridized carbons (Fsp3) is 0.727. The number of hydrogen-bond acceptors (Lipinski definition) is 3. The number of hydrogen-bond donors (Lipinski definition) is 1. The predicted octanol–water partition coefficient (Wildman–Crippen LogP) is 2.27. The molecule has 0 aliphatic carbocycles. The summed E-state index contributed by atoms with van der Waals surface area (Å²) >= 11 is 1.93. The summed E-state index contributed by atoms with van der Waals surface area (Å²) in [4.78, 5) is 4.10. The highest BCUT2D eigenvalue weighted by Crippen LogP contribution is 2.07. The normalized spacial score (nSPS) is 10.8. The number of rotatable bonds is 8. The van der Waals surface area contributed by atoms with Crippen molar-refractivity contribution < 1.29 is 0 Å². The van der Waals surface area contributed by atoms with Crippen LogP contribution >= 0.6 is 11.8 Å². The summed E-state index contributed by atoms with van der Waals surface area (Å²) in [6, 6.07) is 0. The Kier molecular flexibility index (Phi) is 6.52. The number of imidazole rings is 1. The number of aromatic nitrogens is 2. The zero-order valence-corrected chi connectivity index (χ0v) is 10.3. The molecule has 1 aromatic heterocycles. The van der Waals surface area contributed by atoms with Gasteiger partial charge in [0, 0.05) is 19.3 Å². The highest BCUT2D eigenvalue weighted by molar-refractivity contribution is 7.98. The van der Waals surface area contributed by atoms with Gasteiger partial charge in [-0.05, 0) is 24.9 Å². The quantitative estimate of drug-likeness (QED) is 0.693. The highest BCUT2D eigenvalue weighted by atomic mass is 32.2. The van der Waals surface area contributed by atoms with Crippen molar-refractivity contribution in [1.82, 2.24) is 9.55 Å². The topological polar surface area (TPSA) is 43.8 Å². The average Bonchev–Trinajstić information content (AvgIpc) is 2.70. The maximum absolute atomic E-state index is 5.60. The molecule has 0 aromatic carbocycles.